The molecule has 2 N–H and O–H groups in total. The Hall–Kier alpha value is -0.940. The van der Waals surface area contributed by atoms with Crippen molar-refractivity contribution in [2.75, 3.05) is 6.54 Å². The summed E-state index contributed by atoms with van der Waals surface area (Å²) in [4.78, 5) is 20.7. The lowest BCUT2D eigenvalue weighted by atomic mass is 10.3. The number of carbonyl (C=O) groups is 2. The average molecular weight is 130 g/mol. The van der Waals surface area contributed by atoms with Crippen molar-refractivity contribution in [3.05, 3.63) is 5.21 Å². The Morgan fingerprint density at radius 1 is 1.56 bits per heavy atom. The van der Waals surface area contributed by atoms with Gasteiger partial charge in [0.2, 0.25) is 5.91 Å². The second kappa shape index (κ2) is 2.12. The van der Waals surface area contributed by atoms with Gasteiger partial charge in [-0.2, -0.15) is 0 Å². The zero-order valence-electron chi connectivity index (χ0n) is 4.64. The third-order valence-electron chi connectivity index (χ3n) is 1.09. The molecule has 0 aliphatic carbocycles. The molecule has 0 aromatic rings. The number of quaternary nitrogens is 1. The molecule has 0 radical (unpaired) electrons. The third kappa shape index (κ3) is 1.24. The Bertz CT molecular complexity index is 156. The smallest absolute Gasteiger partial charge is 0.421 e. The van der Waals surface area contributed by atoms with Crippen LogP contribution in [0.3, 0.4) is 0 Å². The average Bonchev–Trinajstić information content (AvgIpc) is 1.80. The molecule has 1 atom stereocenters. The molecule has 1 aliphatic heterocycles. The first kappa shape index (κ1) is 6.18. The molecule has 5 nitrogen and oxygen atoms in total. The number of urea groups is 1. The molecule has 1 unspecified atom stereocenters. The van der Waals surface area contributed by atoms with Crippen molar-refractivity contribution in [2.24, 2.45) is 0 Å². The van der Waals surface area contributed by atoms with Gasteiger partial charge in [0, 0.05) is 0 Å². The van der Waals surface area contributed by atoms with Crippen LogP contribution in [0, 0.1) is 5.21 Å². The molecule has 1 heterocycles. The maximum Gasteiger partial charge on any atom is 0.421 e. The first-order chi connectivity index (χ1) is 4.20. The van der Waals surface area contributed by atoms with Crippen LogP contribution < -0.4 is 10.4 Å². The zero-order chi connectivity index (χ0) is 6.85. The SMILES string of the molecule is O=C1CC[NH+]([O-])C(=O)N1. The number of amides is 3. The minimum Gasteiger partial charge on any atom is -0.625 e. The number of carbonyl (C=O) groups excluding carboxylic acids is 2. The van der Waals surface area contributed by atoms with Crippen LogP contribution in [0.4, 0.5) is 4.79 Å². The minimum atomic E-state index is -0.772. The normalized spacial score (nSPS) is 27.9. The standard InChI is InChI=1S/C4H6N2O3/c7-3-1-2-6(9)4(8)5-3/h6H,1-2H2,(H,5,7,8). The van der Waals surface area contributed by atoms with Crippen LogP contribution in [0.1, 0.15) is 6.42 Å². The Labute approximate surface area is 51.2 Å². The van der Waals surface area contributed by atoms with Gasteiger partial charge < -0.3 is 5.21 Å². The van der Waals surface area contributed by atoms with Gasteiger partial charge in [-0.15, -0.1) is 0 Å². The fourth-order valence-electron chi connectivity index (χ4n) is 0.599. The molecule has 5 heteroatoms. The fourth-order valence-corrected chi connectivity index (χ4v) is 0.599. The van der Waals surface area contributed by atoms with Crippen LogP contribution >= 0.6 is 0 Å². The van der Waals surface area contributed by atoms with Crippen LogP contribution in [-0.4, -0.2) is 18.5 Å². The highest BCUT2D eigenvalue weighted by Gasteiger charge is 2.21. The minimum absolute atomic E-state index is 0.0602. The predicted octanol–water partition coefficient (Wildman–Crippen LogP) is -1.99. The van der Waals surface area contributed by atoms with Gasteiger partial charge in [0.1, 0.15) is 0 Å². The molecule has 1 rings (SSSR count). The Morgan fingerprint density at radius 3 is 2.67 bits per heavy atom. The van der Waals surface area contributed by atoms with E-state index in [9.17, 15) is 14.8 Å². The highest BCUT2D eigenvalue weighted by Crippen LogP contribution is 1.78. The van der Waals surface area contributed by atoms with Gasteiger partial charge in [0.15, 0.2) is 0 Å². The molecule has 0 aromatic carbocycles. The van der Waals surface area contributed by atoms with E-state index in [0.29, 0.717) is 0 Å². The molecule has 0 spiro atoms. The van der Waals surface area contributed by atoms with Gasteiger partial charge in [-0.25, -0.2) is 10.1 Å². The van der Waals surface area contributed by atoms with Crippen molar-refractivity contribution in [1.29, 1.82) is 0 Å². The maximum atomic E-state index is 10.4. The first-order valence-electron chi connectivity index (χ1n) is 2.57. The van der Waals surface area contributed by atoms with Gasteiger partial charge in [0.25, 0.3) is 0 Å². The van der Waals surface area contributed by atoms with Crippen LogP contribution in [0.25, 0.3) is 0 Å². The second-order valence-electron chi connectivity index (χ2n) is 1.80. The van der Waals surface area contributed by atoms with Crippen LogP contribution in [0.15, 0.2) is 0 Å². The zero-order valence-corrected chi connectivity index (χ0v) is 4.64. The summed E-state index contributed by atoms with van der Waals surface area (Å²) in [6, 6.07) is -0.772. The van der Waals surface area contributed by atoms with Gasteiger partial charge in [-0.05, 0) is 0 Å². The van der Waals surface area contributed by atoms with Crippen LogP contribution in [0.2, 0.25) is 0 Å². The Morgan fingerprint density at radius 2 is 2.22 bits per heavy atom. The highest BCUT2D eigenvalue weighted by molar-refractivity contribution is 5.92. The number of hydroxylamine groups is 2. The van der Waals surface area contributed by atoms with Crippen molar-refractivity contribution in [2.45, 2.75) is 6.42 Å². The summed E-state index contributed by atoms with van der Waals surface area (Å²) in [5, 5.41) is 11.8. The highest BCUT2D eigenvalue weighted by atomic mass is 16.5. The topological polar surface area (TPSA) is 73.7 Å². The molecule has 9 heavy (non-hydrogen) atoms. The molecular formula is C4H6N2O3. The van der Waals surface area contributed by atoms with Gasteiger partial charge >= 0.3 is 6.03 Å². The number of nitrogens with one attached hydrogen (secondary N) is 2. The summed E-state index contributed by atoms with van der Waals surface area (Å²) < 4.78 is 0. The summed E-state index contributed by atoms with van der Waals surface area (Å²) >= 11 is 0. The summed E-state index contributed by atoms with van der Waals surface area (Å²) in [5.74, 6) is -0.361. The van der Waals surface area contributed by atoms with Crippen molar-refractivity contribution in [3.63, 3.8) is 0 Å². The van der Waals surface area contributed by atoms with E-state index in [1.807, 2.05) is 5.32 Å². The number of hydrogen-bond acceptors (Lipinski definition) is 3. The summed E-state index contributed by atoms with van der Waals surface area (Å²) in [7, 11) is 0. The Balaban J connectivity index is 2.54. The van der Waals surface area contributed by atoms with E-state index in [-0.39, 0.29) is 18.9 Å². The van der Waals surface area contributed by atoms with Crippen molar-refractivity contribution >= 4 is 11.9 Å². The molecule has 3 amide bonds. The number of rotatable bonds is 0. The first-order valence-corrected chi connectivity index (χ1v) is 2.57. The van der Waals surface area contributed by atoms with Gasteiger partial charge in [-0.3, -0.25) is 9.86 Å². The molecule has 1 saturated heterocycles. The molecule has 1 fully saturated rings. The lowest BCUT2D eigenvalue weighted by Gasteiger charge is -2.22. The summed E-state index contributed by atoms with van der Waals surface area (Å²) in [5.41, 5.74) is 0. The van der Waals surface area contributed by atoms with Gasteiger partial charge in [-0.1, -0.05) is 0 Å². The number of imide groups is 1. The molecule has 50 valence electrons. The second-order valence-corrected chi connectivity index (χ2v) is 1.80. The third-order valence-corrected chi connectivity index (χ3v) is 1.09. The lowest BCUT2D eigenvalue weighted by Crippen LogP contribution is -3.13. The fraction of sp³-hybridized carbons (Fsp3) is 0.500. The van der Waals surface area contributed by atoms with E-state index in [2.05, 4.69) is 0 Å². The van der Waals surface area contributed by atoms with E-state index in [4.69, 9.17) is 0 Å². The van der Waals surface area contributed by atoms with Crippen molar-refractivity contribution in [1.82, 2.24) is 5.32 Å². The Kier molecular flexibility index (Phi) is 1.46. The molecule has 0 bridgehead atoms. The van der Waals surface area contributed by atoms with E-state index in [1.54, 1.807) is 0 Å². The monoisotopic (exact) mass is 130 g/mol. The van der Waals surface area contributed by atoms with Crippen molar-refractivity contribution in [3.8, 4) is 0 Å². The maximum absolute atomic E-state index is 10.4. The molecule has 1 aliphatic rings. The van der Waals surface area contributed by atoms with Crippen LogP contribution in [0.5, 0.6) is 0 Å². The lowest BCUT2D eigenvalue weighted by molar-refractivity contribution is -0.760. The van der Waals surface area contributed by atoms with Crippen LogP contribution in [-0.2, 0) is 4.79 Å². The van der Waals surface area contributed by atoms with E-state index >= 15 is 0 Å². The van der Waals surface area contributed by atoms with E-state index < -0.39 is 11.1 Å². The van der Waals surface area contributed by atoms with E-state index in [1.165, 1.54) is 0 Å². The molecular weight excluding hydrogens is 124 g/mol. The summed E-state index contributed by atoms with van der Waals surface area (Å²) in [6.07, 6.45) is 0.143. The van der Waals surface area contributed by atoms with Crippen molar-refractivity contribution < 1.29 is 14.7 Å². The summed E-state index contributed by atoms with van der Waals surface area (Å²) in [6.45, 7) is 0.0602. The van der Waals surface area contributed by atoms with Gasteiger partial charge in [0.05, 0.1) is 13.0 Å². The van der Waals surface area contributed by atoms with E-state index in [0.717, 1.165) is 0 Å². The molecule has 0 saturated carbocycles. The molecule has 0 aromatic heterocycles. The quantitative estimate of drug-likeness (QED) is 0.373. The number of hydrogen-bond donors (Lipinski definition) is 2. The largest absolute Gasteiger partial charge is 0.625 e. The predicted molar refractivity (Wildman–Crippen MR) is 27.4 cm³/mol.